The summed E-state index contributed by atoms with van der Waals surface area (Å²) in [6.45, 7) is 4.84. The Bertz CT molecular complexity index is 392. The van der Waals surface area contributed by atoms with Crippen LogP contribution in [0, 0.1) is 5.92 Å². The maximum atomic E-state index is 10.3. The van der Waals surface area contributed by atoms with E-state index in [4.69, 9.17) is 14.2 Å². The summed E-state index contributed by atoms with van der Waals surface area (Å²) in [4.78, 5) is 0. The van der Waals surface area contributed by atoms with Crippen molar-refractivity contribution in [1.29, 1.82) is 0 Å². The van der Waals surface area contributed by atoms with Crippen LogP contribution in [-0.2, 0) is 14.2 Å². The average molecular weight is 336 g/mol. The van der Waals surface area contributed by atoms with Crippen molar-refractivity contribution in [2.45, 2.75) is 82.3 Å². The third-order valence-electron chi connectivity index (χ3n) is 4.96. The van der Waals surface area contributed by atoms with Crippen LogP contribution < -0.4 is 0 Å². The van der Waals surface area contributed by atoms with E-state index >= 15 is 0 Å². The van der Waals surface area contributed by atoms with Gasteiger partial charge in [0.25, 0.3) is 0 Å². The summed E-state index contributed by atoms with van der Waals surface area (Å²) < 4.78 is 16.9. The quantitative estimate of drug-likeness (QED) is 0.420. The number of hydrogen-bond acceptors (Lipinski definition) is 8. The Morgan fingerprint density at radius 2 is 1.65 bits per heavy atom. The normalized spacial score (nSPS) is 51.1. The molecule has 2 rings (SSSR count). The van der Waals surface area contributed by atoms with E-state index in [0.717, 1.165) is 0 Å². The van der Waals surface area contributed by atoms with Gasteiger partial charge in [0.05, 0.1) is 24.9 Å². The van der Waals surface area contributed by atoms with Crippen molar-refractivity contribution in [1.82, 2.24) is 0 Å². The topological polar surface area (TPSA) is 129 Å². The van der Waals surface area contributed by atoms with Gasteiger partial charge in [0.2, 0.25) is 0 Å². The summed E-state index contributed by atoms with van der Waals surface area (Å²) in [7, 11) is 0. The van der Waals surface area contributed by atoms with E-state index in [1.165, 1.54) is 0 Å². The highest BCUT2D eigenvalue weighted by molar-refractivity contribution is 4.97. The third kappa shape index (κ3) is 3.27. The van der Waals surface area contributed by atoms with Crippen molar-refractivity contribution < 1.29 is 39.7 Å². The second-order valence-electron chi connectivity index (χ2n) is 6.35. The molecule has 9 atom stereocenters. The molecule has 0 spiro atoms. The lowest BCUT2D eigenvalue weighted by Crippen LogP contribution is -2.59. The highest BCUT2D eigenvalue weighted by Gasteiger charge is 2.56. The van der Waals surface area contributed by atoms with Crippen LogP contribution in [0.4, 0.5) is 0 Å². The van der Waals surface area contributed by atoms with E-state index in [9.17, 15) is 25.5 Å². The van der Waals surface area contributed by atoms with Crippen LogP contribution in [-0.4, -0.2) is 80.8 Å². The van der Waals surface area contributed by atoms with Crippen molar-refractivity contribution in [3.05, 3.63) is 0 Å². The zero-order valence-electron chi connectivity index (χ0n) is 13.7. The lowest BCUT2D eigenvalue weighted by Gasteiger charge is -2.44. The minimum atomic E-state index is -1.54. The fourth-order valence-electron chi connectivity index (χ4n) is 3.23. The number of aliphatic hydroxyl groups excluding tert-OH is 5. The lowest BCUT2D eigenvalue weighted by atomic mass is 9.91. The summed E-state index contributed by atoms with van der Waals surface area (Å²) in [6.07, 6.45) is -6.82. The average Bonchev–Trinajstić information content (AvgIpc) is 2.80. The molecule has 9 unspecified atom stereocenters. The maximum absolute atomic E-state index is 10.3. The first kappa shape index (κ1) is 19.0. The van der Waals surface area contributed by atoms with Crippen LogP contribution in [0.2, 0.25) is 0 Å². The largest absolute Gasteiger partial charge is 0.394 e. The van der Waals surface area contributed by atoms with Crippen molar-refractivity contribution in [2.24, 2.45) is 5.92 Å². The molecule has 0 saturated carbocycles. The molecule has 0 bridgehead atoms. The predicted molar refractivity (Wildman–Crippen MR) is 78.2 cm³/mol. The summed E-state index contributed by atoms with van der Waals surface area (Å²) in [5, 5.41) is 50.0. The van der Waals surface area contributed by atoms with Gasteiger partial charge < -0.3 is 39.7 Å². The second kappa shape index (κ2) is 7.28. The van der Waals surface area contributed by atoms with Crippen molar-refractivity contribution in [3.63, 3.8) is 0 Å². The molecular weight excluding hydrogens is 308 g/mol. The molecule has 2 fully saturated rings. The summed E-state index contributed by atoms with van der Waals surface area (Å²) in [6, 6.07) is 0. The van der Waals surface area contributed by atoms with E-state index in [1.807, 2.05) is 6.92 Å². The Labute approximate surface area is 135 Å². The van der Waals surface area contributed by atoms with E-state index in [2.05, 4.69) is 0 Å². The summed E-state index contributed by atoms with van der Waals surface area (Å²) in [5.74, 6) is -2.01. The van der Waals surface area contributed by atoms with Gasteiger partial charge in [0.15, 0.2) is 12.1 Å². The van der Waals surface area contributed by atoms with Crippen LogP contribution in [0.15, 0.2) is 0 Å². The van der Waals surface area contributed by atoms with Gasteiger partial charge in [0, 0.05) is 12.3 Å². The van der Waals surface area contributed by atoms with Crippen LogP contribution in [0.25, 0.3) is 0 Å². The van der Waals surface area contributed by atoms with E-state index < -0.39 is 54.6 Å². The molecule has 0 radical (unpaired) electrons. The molecule has 0 aromatic carbocycles. The smallest absolute Gasteiger partial charge is 0.200 e. The third-order valence-corrected chi connectivity index (χ3v) is 4.96. The van der Waals surface area contributed by atoms with Gasteiger partial charge in [-0.25, -0.2) is 0 Å². The predicted octanol–water partition coefficient (Wildman–Crippen LogP) is -1.28. The second-order valence-corrected chi connectivity index (χ2v) is 6.35. The molecule has 0 aromatic rings. The monoisotopic (exact) mass is 336 g/mol. The SMILES string of the molecule is CCC1OC(CC)(OC2OC(CO)C(C)C(O)C2O)C(O)C1O. The highest BCUT2D eigenvalue weighted by Crippen LogP contribution is 2.39. The minimum absolute atomic E-state index is 0.212. The molecule has 8 nitrogen and oxygen atoms in total. The molecule has 0 amide bonds. The van der Waals surface area contributed by atoms with Gasteiger partial charge in [-0.3, -0.25) is 0 Å². The minimum Gasteiger partial charge on any atom is -0.394 e. The summed E-state index contributed by atoms with van der Waals surface area (Å²) >= 11 is 0. The lowest BCUT2D eigenvalue weighted by molar-refractivity contribution is -0.373. The molecular formula is C15H28O8. The van der Waals surface area contributed by atoms with Gasteiger partial charge in [-0.05, 0) is 6.42 Å². The standard InChI is InChI=1S/C15H28O8/c1-4-8-11(18)13(20)15(5-2,22-8)23-14-12(19)10(17)7(3)9(6-16)21-14/h7-14,16-20H,4-6H2,1-3H3. The Morgan fingerprint density at radius 1 is 1.00 bits per heavy atom. The molecule has 0 aromatic heterocycles. The van der Waals surface area contributed by atoms with E-state index in [0.29, 0.717) is 6.42 Å². The van der Waals surface area contributed by atoms with Gasteiger partial charge in [-0.15, -0.1) is 0 Å². The Hall–Kier alpha value is -0.320. The van der Waals surface area contributed by atoms with Crippen LogP contribution >= 0.6 is 0 Å². The Balaban J connectivity index is 2.18. The Kier molecular flexibility index (Phi) is 6.02. The maximum Gasteiger partial charge on any atom is 0.200 e. The van der Waals surface area contributed by atoms with Gasteiger partial charge in [0.1, 0.15) is 18.3 Å². The highest BCUT2D eigenvalue weighted by atomic mass is 16.8. The first-order valence-corrected chi connectivity index (χ1v) is 8.15. The fourth-order valence-corrected chi connectivity index (χ4v) is 3.23. The number of aliphatic hydroxyl groups is 5. The van der Waals surface area contributed by atoms with Crippen molar-refractivity contribution in [3.8, 4) is 0 Å². The van der Waals surface area contributed by atoms with Crippen LogP contribution in [0.1, 0.15) is 33.6 Å². The molecule has 136 valence electrons. The molecule has 0 aliphatic carbocycles. The number of rotatable bonds is 5. The summed E-state index contributed by atoms with van der Waals surface area (Å²) in [5.41, 5.74) is 0. The molecule has 2 aliphatic rings. The molecule has 23 heavy (non-hydrogen) atoms. The molecule has 2 heterocycles. The first-order valence-electron chi connectivity index (χ1n) is 8.15. The van der Waals surface area contributed by atoms with Crippen molar-refractivity contribution >= 4 is 0 Å². The zero-order valence-corrected chi connectivity index (χ0v) is 13.7. The molecule has 2 saturated heterocycles. The molecule has 2 aliphatic heterocycles. The molecule has 5 N–H and O–H groups in total. The van der Waals surface area contributed by atoms with E-state index in [1.54, 1.807) is 13.8 Å². The Morgan fingerprint density at radius 3 is 2.13 bits per heavy atom. The van der Waals surface area contributed by atoms with Gasteiger partial charge in [-0.1, -0.05) is 20.8 Å². The van der Waals surface area contributed by atoms with Gasteiger partial charge >= 0.3 is 0 Å². The first-order chi connectivity index (χ1) is 10.8. The number of ether oxygens (including phenoxy) is 3. The van der Waals surface area contributed by atoms with E-state index in [-0.39, 0.29) is 13.0 Å². The fraction of sp³-hybridized carbons (Fsp3) is 1.00. The molecule has 8 heteroatoms. The number of hydrogen-bond donors (Lipinski definition) is 5. The van der Waals surface area contributed by atoms with Crippen LogP contribution in [0.3, 0.4) is 0 Å². The van der Waals surface area contributed by atoms with Gasteiger partial charge in [-0.2, -0.15) is 0 Å². The zero-order chi connectivity index (χ0) is 17.4. The van der Waals surface area contributed by atoms with Crippen LogP contribution in [0.5, 0.6) is 0 Å². The van der Waals surface area contributed by atoms with Crippen molar-refractivity contribution in [2.75, 3.05) is 6.61 Å².